The average molecular weight is 416 g/mol. The van der Waals surface area contributed by atoms with E-state index in [2.05, 4.69) is 16.0 Å². The summed E-state index contributed by atoms with van der Waals surface area (Å²) in [4.78, 5) is 58.6. The number of carbonyl (C=O) groups excluding carboxylic acids is 3. The Hall–Kier alpha value is -2.69. The van der Waals surface area contributed by atoms with Gasteiger partial charge in [0.15, 0.2) is 0 Å². The number of hydrogen-bond donors (Lipinski definition) is 6. The summed E-state index contributed by atoms with van der Waals surface area (Å²) in [5.74, 6) is -5.33. The maximum absolute atomic E-state index is 12.3. The van der Waals surface area contributed by atoms with E-state index < -0.39 is 60.8 Å². The van der Waals surface area contributed by atoms with Gasteiger partial charge in [-0.15, -0.1) is 0 Å². The van der Waals surface area contributed by atoms with Crippen LogP contribution in [0.5, 0.6) is 0 Å². The molecule has 0 bridgehead atoms. The van der Waals surface area contributed by atoms with Gasteiger partial charge >= 0.3 is 11.9 Å². The van der Waals surface area contributed by atoms with Crippen LogP contribution in [0.2, 0.25) is 0 Å². The zero-order valence-electron chi connectivity index (χ0n) is 17.2. The molecule has 0 aromatic carbocycles. The zero-order valence-corrected chi connectivity index (χ0v) is 17.2. The molecule has 5 unspecified atom stereocenters. The molecule has 3 amide bonds. The number of carbonyl (C=O) groups is 5. The van der Waals surface area contributed by atoms with Crippen molar-refractivity contribution >= 4 is 29.7 Å². The number of hydrogen-bond acceptors (Lipinski definition) is 6. The number of rotatable bonds is 13. The zero-order chi connectivity index (χ0) is 22.7. The fraction of sp³-hybridized carbons (Fsp3) is 0.722. The van der Waals surface area contributed by atoms with E-state index in [9.17, 15) is 29.1 Å². The molecule has 7 N–H and O–H groups in total. The van der Waals surface area contributed by atoms with E-state index >= 15 is 0 Å². The molecule has 0 radical (unpaired) electrons. The van der Waals surface area contributed by atoms with Gasteiger partial charge in [-0.1, -0.05) is 40.5 Å². The normalized spacial score (nSPS) is 15.9. The van der Waals surface area contributed by atoms with Gasteiger partial charge in [-0.05, 0) is 11.8 Å². The Morgan fingerprint density at radius 3 is 1.90 bits per heavy atom. The molecule has 0 aromatic rings. The lowest BCUT2D eigenvalue weighted by molar-refractivity contribution is -0.143. The van der Waals surface area contributed by atoms with Crippen molar-refractivity contribution in [3.05, 3.63) is 0 Å². The van der Waals surface area contributed by atoms with Gasteiger partial charge in [0, 0.05) is 0 Å². The van der Waals surface area contributed by atoms with E-state index in [0.29, 0.717) is 12.8 Å². The minimum atomic E-state index is -1.42. The average Bonchev–Trinajstić information content (AvgIpc) is 2.66. The van der Waals surface area contributed by atoms with Gasteiger partial charge < -0.3 is 31.9 Å². The first-order chi connectivity index (χ1) is 13.4. The second-order valence-corrected chi connectivity index (χ2v) is 7.06. The largest absolute Gasteiger partial charge is 0.481 e. The Bertz CT molecular complexity index is 611. The highest BCUT2D eigenvalue weighted by Gasteiger charge is 2.29. The lowest BCUT2D eigenvalue weighted by Crippen LogP contribution is -2.55. The molecule has 5 atom stereocenters. The fourth-order valence-corrected chi connectivity index (χ4v) is 2.36. The summed E-state index contributed by atoms with van der Waals surface area (Å²) in [5.41, 5.74) is 5.79. The Morgan fingerprint density at radius 1 is 0.897 bits per heavy atom. The Morgan fingerprint density at radius 2 is 1.45 bits per heavy atom. The van der Waals surface area contributed by atoms with E-state index in [0.717, 1.165) is 0 Å². The fourth-order valence-electron chi connectivity index (χ4n) is 2.36. The topological polar surface area (TPSA) is 188 Å². The summed E-state index contributed by atoms with van der Waals surface area (Å²) in [5, 5.41) is 25.0. The van der Waals surface area contributed by atoms with Crippen molar-refractivity contribution < 1.29 is 34.2 Å². The van der Waals surface area contributed by atoms with Gasteiger partial charge in [0.25, 0.3) is 0 Å². The molecule has 29 heavy (non-hydrogen) atoms. The first-order valence-electron chi connectivity index (χ1n) is 9.52. The molecule has 0 aliphatic carbocycles. The smallest absolute Gasteiger partial charge is 0.326 e. The van der Waals surface area contributed by atoms with E-state index in [-0.39, 0.29) is 11.8 Å². The Labute approximate surface area is 169 Å². The Balaban J connectivity index is 4.94. The minimum absolute atomic E-state index is 0.178. The van der Waals surface area contributed by atoms with Crippen LogP contribution in [0.4, 0.5) is 0 Å². The highest BCUT2D eigenvalue weighted by molar-refractivity contribution is 5.94. The molecule has 166 valence electrons. The van der Waals surface area contributed by atoms with Crippen molar-refractivity contribution in [1.82, 2.24) is 16.0 Å². The molecule has 0 heterocycles. The summed E-state index contributed by atoms with van der Waals surface area (Å²) in [6, 6.07) is -3.46. The number of nitrogens with one attached hydrogen (secondary N) is 3. The Kier molecular flexibility index (Phi) is 11.5. The minimum Gasteiger partial charge on any atom is -0.481 e. The summed E-state index contributed by atoms with van der Waals surface area (Å²) in [6.45, 7) is 6.45. The summed E-state index contributed by atoms with van der Waals surface area (Å²) >= 11 is 0. The summed E-state index contributed by atoms with van der Waals surface area (Å²) in [6.07, 6.45) is 0.440. The molecule has 11 nitrogen and oxygen atoms in total. The maximum Gasteiger partial charge on any atom is 0.326 e. The van der Waals surface area contributed by atoms with Crippen molar-refractivity contribution in [3.8, 4) is 0 Å². The van der Waals surface area contributed by atoms with E-state index in [1.165, 1.54) is 0 Å². The third-order valence-corrected chi connectivity index (χ3v) is 4.79. The molecule has 0 aliphatic rings. The van der Waals surface area contributed by atoms with Crippen molar-refractivity contribution in [1.29, 1.82) is 0 Å². The second kappa shape index (κ2) is 12.7. The molecule has 0 rings (SSSR count). The van der Waals surface area contributed by atoms with Gasteiger partial charge in [0.2, 0.25) is 17.7 Å². The third-order valence-electron chi connectivity index (χ3n) is 4.79. The quantitative estimate of drug-likeness (QED) is 0.221. The number of amides is 3. The van der Waals surface area contributed by atoms with Gasteiger partial charge in [0.05, 0.1) is 19.0 Å². The van der Waals surface area contributed by atoms with Crippen molar-refractivity contribution in [3.63, 3.8) is 0 Å². The molecule has 0 spiro atoms. The van der Waals surface area contributed by atoms with Crippen LogP contribution in [-0.2, 0) is 24.0 Å². The molecule has 0 aromatic heterocycles. The highest BCUT2D eigenvalue weighted by Crippen LogP contribution is 2.08. The van der Waals surface area contributed by atoms with Gasteiger partial charge in [0.1, 0.15) is 12.1 Å². The number of nitrogens with two attached hydrogens (primary N) is 1. The second-order valence-electron chi connectivity index (χ2n) is 7.06. The number of aliphatic carboxylic acids is 2. The lowest BCUT2D eigenvalue weighted by atomic mass is 9.99. The molecular formula is C18H32N4O7. The molecular weight excluding hydrogens is 384 g/mol. The third kappa shape index (κ3) is 9.37. The van der Waals surface area contributed by atoms with Crippen LogP contribution in [0.25, 0.3) is 0 Å². The molecule has 0 aliphatic heterocycles. The van der Waals surface area contributed by atoms with Crippen molar-refractivity contribution in [2.75, 3.05) is 6.54 Å². The van der Waals surface area contributed by atoms with E-state index in [4.69, 9.17) is 10.8 Å². The predicted octanol–water partition coefficient (Wildman–Crippen LogP) is -0.949. The molecule has 11 heteroatoms. The van der Waals surface area contributed by atoms with Crippen LogP contribution < -0.4 is 21.7 Å². The van der Waals surface area contributed by atoms with Crippen molar-refractivity contribution in [2.45, 2.75) is 65.1 Å². The first-order valence-corrected chi connectivity index (χ1v) is 9.52. The van der Waals surface area contributed by atoms with Crippen LogP contribution in [0.3, 0.4) is 0 Å². The summed E-state index contributed by atoms with van der Waals surface area (Å²) < 4.78 is 0. The van der Waals surface area contributed by atoms with Gasteiger partial charge in [-0.25, -0.2) is 4.79 Å². The number of carboxylic acids is 2. The molecule has 0 fully saturated rings. The first kappa shape index (κ1) is 26.3. The van der Waals surface area contributed by atoms with Crippen LogP contribution in [0.1, 0.15) is 47.0 Å². The van der Waals surface area contributed by atoms with Crippen LogP contribution in [-0.4, -0.2) is 64.5 Å². The monoisotopic (exact) mass is 416 g/mol. The molecule has 0 saturated heterocycles. The van der Waals surface area contributed by atoms with Crippen LogP contribution >= 0.6 is 0 Å². The SMILES string of the molecule is CCC(C)C(N)C(=O)NC(CC(=O)O)C(=O)NCC(=O)NC(C(=O)O)C(C)CC. The van der Waals surface area contributed by atoms with Crippen LogP contribution in [0.15, 0.2) is 0 Å². The lowest BCUT2D eigenvalue weighted by Gasteiger charge is -2.23. The highest BCUT2D eigenvalue weighted by atomic mass is 16.4. The van der Waals surface area contributed by atoms with E-state index in [1.54, 1.807) is 20.8 Å². The van der Waals surface area contributed by atoms with Gasteiger partial charge in [-0.3, -0.25) is 19.2 Å². The standard InChI is InChI=1S/C18H32N4O7/c1-5-9(3)14(19)17(27)21-11(7-13(24)25)16(26)20-8-12(23)22-15(18(28)29)10(4)6-2/h9-11,14-15H,5-8,19H2,1-4H3,(H,20,26)(H,21,27)(H,22,23)(H,24,25)(H,28,29). The summed E-state index contributed by atoms with van der Waals surface area (Å²) in [7, 11) is 0. The van der Waals surface area contributed by atoms with Crippen molar-refractivity contribution in [2.24, 2.45) is 17.6 Å². The van der Waals surface area contributed by atoms with E-state index in [1.807, 2.05) is 6.92 Å². The maximum atomic E-state index is 12.3. The van der Waals surface area contributed by atoms with Crippen LogP contribution in [0, 0.1) is 11.8 Å². The molecule has 0 saturated carbocycles. The van der Waals surface area contributed by atoms with Gasteiger partial charge in [-0.2, -0.15) is 0 Å². The predicted molar refractivity (Wildman–Crippen MR) is 104 cm³/mol. The number of carboxylic acid groups (broad SMARTS) is 2.